The summed E-state index contributed by atoms with van der Waals surface area (Å²) in [4.78, 5) is 10.8. The van der Waals surface area contributed by atoms with Gasteiger partial charge in [0.05, 0.1) is 12.1 Å². The summed E-state index contributed by atoms with van der Waals surface area (Å²) in [5.41, 5.74) is 0.796. The van der Waals surface area contributed by atoms with Crippen molar-refractivity contribution in [2.45, 2.75) is 45.1 Å². The van der Waals surface area contributed by atoms with Crippen molar-refractivity contribution in [3.8, 4) is 0 Å². The SMILES string of the molecule is CC(C)Cn1ccc(C2(CC(=O)O)CC2)n1. The van der Waals surface area contributed by atoms with E-state index in [-0.39, 0.29) is 11.8 Å². The molecule has 4 nitrogen and oxygen atoms in total. The highest BCUT2D eigenvalue weighted by atomic mass is 16.4. The third kappa shape index (κ3) is 2.26. The van der Waals surface area contributed by atoms with Gasteiger partial charge in [-0.1, -0.05) is 13.8 Å². The molecule has 0 atom stereocenters. The van der Waals surface area contributed by atoms with E-state index in [0.29, 0.717) is 5.92 Å². The highest BCUT2D eigenvalue weighted by Gasteiger charge is 2.47. The predicted molar refractivity (Wildman–Crippen MR) is 60.2 cm³/mol. The van der Waals surface area contributed by atoms with Gasteiger partial charge in [-0.15, -0.1) is 0 Å². The van der Waals surface area contributed by atoms with Crippen LogP contribution in [0.4, 0.5) is 0 Å². The van der Waals surface area contributed by atoms with E-state index >= 15 is 0 Å². The summed E-state index contributed by atoms with van der Waals surface area (Å²) in [6, 6.07) is 1.97. The number of hydrogen-bond acceptors (Lipinski definition) is 2. The largest absolute Gasteiger partial charge is 0.481 e. The quantitative estimate of drug-likeness (QED) is 0.829. The van der Waals surface area contributed by atoms with Gasteiger partial charge in [-0.25, -0.2) is 0 Å². The Kier molecular flexibility index (Phi) is 2.74. The Balaban J connectivity index is 2.09. The Morgan fingerprint density at radius 1 is 1.62 bits per heavy atom. The molecular weight excluding hydrogens is 204 g/mol. The Bertz CT molecular complexity index is 391. The van der Waals surface area contributed by atoms with E-state index in [0.717, 1.165) is 25.1 Å². The molecule has 1 aromatic heterocycles. The second-order valence-electron chi connectivity index (χ2n) is 5.17. The Morgan fingerprint density at radius 3 is 2.81 bits per heavy atom. The van der Waals surface area contributed by atoms with Crippen LogP contribution in [0.3, 0.4) is 0 Å². The zero-order chi connectivity index (χ0) is 11.8. The fourth-order valence-corrected chi connectivity index (χ4v) is 2.08. The molecule has 0 bridgehead atoms. The lowest BCUT2D eigenvalue weighted by atomic mass is 9.99. The molecule has 0 aromatic carbocycles. The van der Waals surface area contributed by atoms with Gasteiger partial charge in [0, 0.05) is 18.2 Å². The van der Waals surface area contributed by atoms with Crippen LogP contribution in [0.1, 0.15) is 38.8 Å². The molecule has 4 heteroatoms. The first kappa shape index (κ1) is 11.2. The number of carboxylic acid groups (broad SMARTS) is 1. The van der Waals surface area contributed by atoms with Crippen molar-refractivity contribution >= 4 is 5.97 Å². The van der Waals surface area contributed by atoms with Gasteiger partial charge in [0.25, 0.3) is 0 Å². The van der Waals surface area contributed by atoms with Gasteiger partial charge in [0.1, 0.15) is 0 Å². The van der Waals surface area contributed by atoms with Crippen LogP contribution in [-0.2, 0) is 16.8 Å². The molecule has 1 fully saturated rings. The van der Waals surface area contributed by atoms with Crippen molar-refractivity contribution in [3.63, 3.8) is 0 Å². The van der Waals surface area contributed by atoms with Crippen LogP contribution >= 0.6 is 0 Å². The van der Waals surface area contributed by atoms with Crippen LogP contribution in [-0.4, -0.2) is 20.9 Å². The fourth-order valence-electron chi connectivity index (χ4n) is 2.08. The molecule has 0 unspecified atom stereocenters. The van der Waals surface area contributed by atoms with E-state index in [9.17, 15) is 4.79 Å². The predicted octanol–water partition coefficient (Wildman–Crippen LogP) is 2.05. The Morgan fingerprint density at radius 2 is 2.31 bits per heavy atom. The van der Waals surface area contributed by atoms with Gasteiger partial charge < -0.3 is 5.11 Å². The summed E-state index contributed by atoms with van der Waals surface area (Å²) in [5.74, 6) is -0.168. The minimum Gasteiger partial charge on any atom is -0.481 e. The Hall–Kier alpha value is -1.32. The van der Waals surface area contributed by atoms with Crippen molar-refractivity contribution in [2.24, 2.45) is 5.92 Å². The first-order valence-electron chi connectivity index (χ1n) is 5.77. The van der Waals surface area contributed by atoms with E-state index in [1.165, 1.54) is 0 Å². The number of carboxylic acids is 1. The molecule has 1 aliphatic rings. The maximum Gasteiger partial charge on any atom is 0.304 e. The first-order valence-corrected chi connectivity index (χ1v) is 5.77. The lowest BCUT2D eigenvalue weighted by Gasteiger charge is -2.09. The number of carbonyl (C=O) groups is 1. The molecular formula is C12H18N2O2. The van der Waals surface area contributed by atoms with E-state index in [4.69, 9.17) is 5.11 Å². The molecule has 1 N–H and O–H groups in total. The van der Waals surface area contributed by atoms with Crippen LogP contribution in [0.5, 0.6) is 0 Å². The minimum atomic E-state index is -0.726. The summed E-state index contributed by atoms with van der Waals surface area (Å²) in [7, 11) is 0. The third-order valence-electron chi connectivity index (χ3n) is 3.08. The van der Waals surface area contributed by atoms with Gasteiger partial charge in [0.2, 0.25) is 0 Å². The molecule has 2 rings (SSSR count). The molecule has 0 amide bonds. The summed E-state index contributed by atoms with van der Waals surface area (Å²) >= 11 is 0. The highest BCUT2D eigenvalue weighted by molar-refractivity contribution is 5.69. The maximum absolute atomic E-state index is 10.8. The standard InChI is InChI=1S/C12H18N2O2/c1-9(2)8-14-6-3-10(13-14)12(4-5-12)7-11(15)16/h3,6,9H,4-5,7-8H2,1-2H3,(H,15,16). The second kappa shape index (κ2) is 3.92. The van der Waals surface area contributed by atoms with Gasteiger partial charge in [0.15, 0.2) is 0 Å². The van der Waals surface area contributed by atoms with Crippen molar-refractivity contribution in [1.29, 1.82) is 0 Å². The molecule has 0 radical (unpaired) electrons. The number of rotatable bonds is 5. The number of hydrogen-bond donors (Lipinski definition) is 1. The lowest BCUT2D eigenvalue weighted by molar-refractivity contribution is -0.137. The monoisotopic (exact) mass is 222 g/mol. The van der Waals surface area contributed by atoms with Crippen LogP contribution in [0.25, 0.3) is 0 Å². The highest BCUT2D eigenvalue weighted by Crippen LogP contribution is 2.50. The van der Waals surface area contributed by atoms with Crippen LogP contribution in [0.2, 0.25) is 0 Å². The number of aliphatic carboxylic acids is 1. The van der Waals surface area contributed by atoms with E-state index in [2.05, 4.69) is 18.9 Å². The smallest absolute Gasteiger partial charge is 0.304 e. The first-order chi connectivity index (χ1) is 7.52. The van der Waals surface area contributed by atoms with E-state index < -0.39 is 5.97 Å². The van der Waals surface area contributed by atoms with E-state index in [1.807, 2.05) is 16.9 Å². The number of aromatic nitrogens is 2. The maximum atomic E-state index is 10.8. The average molecular weight is 222 g/mol. The fraction of sp³-hybridized carbons (Fsp3) is 0.667. The molecule has 88 valence electrons. The van der Waals surface area contributed by atoms with Gasteiger partial charge in [-0.2, -0.15) is 5.10 Å². The van der Waals surface area contributed by atoms with Gasteiger partial charge in [-0.05, 0) is 24.8 Å². The van der Waals surface area contributed by atoms with Crippen molar-refractivity contribution < 1.29 is 9.90 Å². The van der Waals surface area contributed by atoms with Crippen molar-refractivity contribution in [1.82, 2.24) is 9.78 Å². The lowest BCUT2D eigenvalue weighted by Crippen LogP contribution is -2.14. The van der Waals surface area contributed by atoms with Crippen molar-refractivity contribution in [2.75, 3.05) is 0 Å². The van der Waals surface area contributed by atoms with E-state index in [1.54, 1.807) is 0 Å². The minimum absolute atomic E-state index is 0.159. The molecule has 1 heterocycles. The van der Waals surface area contributed by atoms with Gasteiger partial charge >= 0.3 is 5.97 Å². The van der Waals surface area contributed by atoms with Crippen molar-refractivity contribution in [3.05, 3.63) is 18.0 Å². The van der Waals surface area contributed by atoms with Crippen LogP contribution in [0, 0.1) is 5.92 Å². The summed E-state index contributed by atoms with van der Waals surface area (Å²) in [6.07, 6.45) is 4.08. The number of nitrogens with zero attached hydrogens (tertiary/aromatic N) is 2. The van der Waals surface area contributed by atoms with Gasteiger partial charge in [-0.3, -0.25) is 9.48 Å². The second-order valence-corrected chi connectivity index (χ2v) is 5.17. The summed E-state index contributed by atoms with van der Waals surface area (Å²) < 4.78 is 1.92. The zero-order valence-corrected chi connectivity index (χ0v) is 9.81. The average Bonchev–Trinajstić information content (AvgIpc) is 2.75. The normalized spacial score (nSPS) is 17.7. The third-order valence-corrected chi connectivity index (χ3v) is 3.08. The Labute approximate surface area is 95.3 Å². The molecule has 0 saturated heterocycles. The van der Waals surface area contributed by atoms with Crippen LogP contribution in [0.15, 0.2) is 12.3 Å². The molecule has 1 aliphatic carbocycles. The summed E-state index contributed by atoms with van der Waals surface area (Å²) in [5, 5.41) is 13.4. The molecule has 1 aromatic rings. The van der Waals surface area contributed by atoms with Crippen LogP contribution < -0.4 is 0 Å². The molecule has 1 saturated carbocycles. The molecule has 16 heavy (non-hydrogen) atoms. The molecule has 0 aliphatic heterocycles. The zero-order valence-electron chi connectivity index (χ0n) is 9.81. The topological polar surface area (TPSA) is 55.1 Å². The summed E-state index contributed by atoms with van der Waals surface area (Å²) in [6.45, 7) is 5.18. The molecule has 0 spiro atoms.